The first-order valence-corrected chi connectivity index (χ1v) is 9.83. The molecule has 0 aromatic carbocycles. The maximum Gasteiger partial charge on any atom is 0.133 e. The number of carbonyl (C=O) groups is 1. The van der Waals surface area contributed by atoms with Crippen LogP contribution in [0.2, 0.25) is 0 Å². The van der Waals surface area contributed by atoms with Gasteiger partial charge in [-0.05, 0) is 75.5 Å². The van der Waals surface area contributed by atoms with Gasteiger partial charge in [0.2, 0.25) is 0 Å². The van der Waals surface area contributed by atoms with Crippen LogP contribution in [0.15, 0.2) is 11.6 Å². The van der Waals surface area contributed by atoms with Gasteiger partial charge in [0.25, 0.3) is 0 Å². The summed E-state index contributed by atoms with van der Waals surface area (Å²) in [5, 5.41) is 22.0. The van der Waals surface area contributed by atoms with Crippen LogP contribution in [0.3, 0.4) is 0 Å². The Morgan fingerprint density at radius 2 is 1.88 bits per heavy atom. The van der Waals surface area contributed by atoms with Crippen molar-refractivity contribution in [2.24, 2.45) is 28.6 Å². The molecular formula is C21H32O3. The third kappa shape index (κ3) is 1.94. The monoisotopic (exact) mass is 332 g/mol. The van der Waals surface area contributed by atoms with Crippen LogP contribution in [-0.4, -0.2) is 27.7 Å². The molecule has 0 spiro atoms. The van der Waals surface area contributed by atoms with Gasteiger partial charge >= 0.3 is 0 Å². The Hall–Kier alpha value is -0.670. The molecule has 7 atom stereocenters. The molecule has 24 heavy (non-hydrogen) atoms. The summed E-state index contributed by atoms with van der Waals surface area (Å²) in [6.07, 6.45) is 9.24. The van der Waals surface area contributed by atoms with Crippen LogP contribution in [0.1, 0.15) is 72.1 Å². The zero-order valence-electron chi connectivity index (χ0n) is 15.3. The molecule has 0 saturated heterocycles. The van der Waals surface area contributed by atoms with Gasteiger partial charge in [-0.1, -0.05) is 25.5 Å². The average molecular weight is 332 g/mol. The van der Waals surface area contributed by atoms with Gasteiger partial charge in [-0.3, -0.25) is 4.79 Å². The molecule has 0 heterocycles. The van der Waals surface area contributed by atoms with Crippen molar-refractivity contribution < 1.29 is 15.0 Å². The number of hydrogen-bond acceptors (Lipinski definition) is 3. The molecule has 0 aromatic rings. The summed E-state index contributed by atoms with van der Waals surface area (Å²) in [6.45, 7) is 6.29. The smallest absolute Gasteiger partial charge is 0.133 e. The van der Waals surface area contributed by atoms with Crippen molar-refractivity contribution in [2.75, 3.05) is 0 Å². The zero-order chi connectivity index (χ0) is 17.3. The zero-order valence-corrected chi connectivity index (χ0v) is 15.3. The van der Waals surface area contributed by atoms with Gasteiger partial charge in [-0.25, -0.2) is 0 Å². The Morgan fingerprint density at radius 1 is 1.12 bits per heavy atom. The van der Waals surface area contributed by atoms with Crippen LogP contribution in [0.5, 0.6) is 0 Å². The lowest BCUT2D eigenvalue weighted by Crippen LogP contribution is -2.63. The Kier molecular flexibility index (Phi) is 3.61. The standard InChI is InChI=1S/C21H32O3/c1-13(22)16-6-7-17-18-5-4-14-12-15(23)8-9-20(14,3)21(18,24)11-10-19(16,17)2/h4,15-18,23-24H,5-12H2,1-3H3/t15?,16-,17+,18+,19-,20+,21-/m1/s1. The fourth-order valence-corrected chi connectivity index (χ4v) is 7.24. The minimum atomic E-state index is -0.660. The number of rotatable bonds is 1. The summed E-state index contributed by atoms with van der Waals surface area (Å²) >= 11 is 0. The second kappa shape index (κ2) is 5.17. The van der Waals surface area contributed by atoms with E-state index in [1.165, 1.54) is 5.57 Å². The number of allylic oxidation sites excluding steroid dienone is 1. The van der Waals surface area contributed by atoms with Crippen LogP contribution >= 0.6 is 0 Å². The van der Waals surface area contributed by atoms with E-state index in [2.05, 4.69) is 19.9 Å². The topological polar surface area (TPSA) is 57.5 Å². The Labute approximate surface area is 145 Å². The predicted octanol–water partition coefficient (Wildman–Crippen LogP) is 3.63. The van der Waals surface area contributed by atoms with Gasteiger partial charge in [0.05, 0.1) is 11.7 Å². The van der Waals surface area contributed by atoms with Crippen LogP contribution in [0.4, 0.5) is 0 Å². The molecule has 0 aromatic heterocycles. The number of hydrogen-bond donors (Lipinski definition) is 2. The lowest BCUT2D eigenvalue weighted by molar-refractivity contribution is -0.188. The third-order valence-electron chi connectivity index (χ3n) is 8.76. The predicted molar refractivity (Wildman–Crippen MR) is 93.3 cm³/mol. The highest BCUT2D eigenvalue weighted by atomic mass is 16.3. The lowest BCUT2D eigenvalue weighted by Gasteiger charge is -2.62. The molecule has 4 aliphatic rings. The molecule has 3 nitrogen and oxygen atoms in total. The van der Waals surface area contributed by atoms with E-state index in [9.17, 15) is 15.0 Å². The van der Waals surface area contributed by atoms with Gasteiger partial charge in [-0.2, -0.15) is 0 Å². The second-order valence-electron chi connectivity index (χ2n) is 9.58. The van der Waals surface area contributed by atoms with Crippen molar-refractivity contribution in [1.82, 2.24) is 0 Å². The van der Waals surface area contributed by atoms with E-state index in [0.29, 0.717) is 11.7 Å². The molecule has 0 amide bonds. The highest BCUT2D eigenvalue weighted by Crippen LogP contribution is 2.67. The summed E-state index contributed by atoms with van der Waals surface area (Å²) in [5.74, 6) is 1.24. The Bertz CT molecular complexity index is 596. The fraction of sp³-hybridized carbons (Fsp3) is 0.857. The molecule has 134 valence electrons. The van der Waals surface area contributed by atoms with E-state index in [0.717, 1.165) is 51.4 Å². The van der Waals surface area contributed by atoms with Gasteiger partial charge in [0.1, 0.15) is 5.78 Å². The average Bonchev–Trinajstić information content (AvgIpc) is 2.87. The minimum absolute atomic E-state index is 0.0681. The van der Waals surface area contributed by atoms with E-state index in [1.54, 1.807) is 6.92 Å². The first-order chi connectivity index (χ1) is 11.2. The summed E-state index contributed by atoms with van der Waals surface area (Å²) < 4.78 is 0. The van der Waals surface area contributed by atoms with E-state index in [4.69, 9.17) is 0 Å². The van der Waals surface area contributed by atoms with Crippen molar-refractivity contribution in [3.63, 3.8) is 0 Å². The van der Waals surface area contributed by atoms with Crippen molar-refractivity contribution >= 4 is 5.78 Å². The SMILES string of the molecule is CC(=O)[C@H]1CC[C@H]2[C@@H]3CC=C4CC(O)CC[C@]4(C)[C@@]3(O)CC[C@]12C. The molecule has 1 unspecified atom stereocenters. The maximum atomic E-state index is 12.2. The molecule has 4 rings (SSSR count). The largest absolute Gasteiger partial charge is 0.393 e. The number of fused-ring (bicyclic) bond motifs is 5. The van der Waals surface area contributed by atoms with E-state index >= 15 is 0 Å². The summed E-state index contributed by atoms with van der Waals surface area (Å²) in [7, 11) is 0. The minimum Gasteiger partial charge on any atom is -0.393 e. The normalized spacial score (nSPS) is 53.6. The molecule has 0 bridgehead atoms. The number of aliphatic hydroxyl groups is 2. The van der Waals surface area contributed by atoms with Crippen LogP contribution in [0.25, 0.3) is 0 Å². The first-order valence-electron chi connectivity index (χ1n) is 9.83. The molecule has 3 saturated carbocycles. The number of Topliss-reactive ketones (excluding diaryl/α,β-unsaturated/α-hetero) is 1. The van der Waals surface area contributed by atoms with Gasteiger partial charge in [0.15, 0.2) is 0 Å². The Balaban J connectivity index is 1.73. The summed E-state index contributed by atoms with van der Waals surface area (Å²) in [5.41, 5.74) is 0.501. The van der Waals surface area contributed by atoms with Crippen molar-refractivity contribution in [3.05, 3.63) is 11.6 Å². The fourth-order valence-electron chi connectivity index (χ4n) is 7.24. The first kappa shape index (κ1) is 16.8. The molecular weight excluding hydrogens is 300 g/mol. The highest BCUT2D eigenvalue weighted by molar-refractivity contribution is 5.79. The van der Waals surface area contributed by atoms with Crippen molar-refractivity contribution in [2.45, 2.75) is 83.8 Å². The molecule has 3 heteroatoms. The molecule has 0 radical (unpaired) electrons. The van der Waals surface area contributed by atoms with Crippen molar-refractivity contribution in [3.8, 4) is 0 Å². The van der Waals surface area contributed by atoms with Crippen LogP contribution in [-0.2, 0) is 4.79 Å². The quantitative estimate of drug-likeness (QED) is 0.721. The van der Waals surface area contributed by atoms with E-state index < -0.39 is 5.60 Å². The number of carbonyl (C=O) groups excluding carboxylic acids is 1. The molecule has 4 aliphatic carbocycles. The van der Waals surface area contributed by atoms with Gasteiger partial charge < -0.3 is 10.2 Å². The number of ketones is 1. The molecule has 2 N–H and O–H groups in total. The highest BCUT2D eigenvalue weighted by Gasteiger charge is 2.65. The van der Waals surface area contributed by atoms with E-state index in [-0.39, 0.29) is 28.8 Å². The van der Waals surface area contributed by atoms with Crippen LogP contribution < -0.4 is 0 Å². The molecule has 3 fully saturated rings. The van der Waals surface area contributed by atoms with Crippen LogP contribution in [0, 0.1) is 28.6 Å². The summed E-state index contributed by atoms with van der Waals surface area (Å²) in [6, 6.07) is 0. The molecule has 0 aliphatic heterocycles. The Morgan fingerprint density at radius 3 is 2.58 bits per heavy atom. The second-order valence-corrected chi connectivity index (χ2v) is 9.58. The van der Waals surface area contributed by atoms with E-state index in [1.807, 2.05) is 0 Å². The van der Waals surface area contributed by atoms with Gasteiger partial charge in [0, 0.05) is 11.3 Å². The summed E-state index contributed by atoms with van der Waals surface area (Å²) in [4.78, 5) is 12.2. The third-order valence-corrected chi connectivity index (χ3v) is 8.76. The lowest BCUT2D eigenvalue weighted by atomic mass is 9.45. The number of aliphatic hydroxyl groups excluding tert-OH is 1. The van der Waals surface area contributed by atoms with Gasteiger partial charge in [-0.15, -0.1) is 0 Å². The van der Waals surface area contributed by atoms with Crippen molar-refractivity contribution in [1.29, 1.82) is 0 Å². The maximum absolute atomic E-state index is 12.2.